The van der Waals surface area contributed by atoms with Crippen LogP contribution in [0.3, 0.4) is 0 Å². The van der Waals surface area contributed by atoms with Gasteiger partial charge in [0.15, 0.2) is 0 Å². The highest BCUT2D eigenvalue weighted by Gasteiger charge is 2.14. The first-order chi connectivity index (χ1) is 5.26. The maximum atomic E-state index is 11.1. The van der Waals surface area contributed by atoms with Crippen molar-refractivity contribution < 1.29 is 9.59 Å². The molecule has 11 heavy (non-hydrogen) atoms. The van der Waals surface area contributed by atoms with E-state index < -0.39 is 5.92 Å². The third-order valence-electron chi connectivity index (χ3n) is 1.43. The van der Waals surface area contributed by atoms with E-state index in [1.807, 2.05) is 6.92 Å². The zero-order chi connectivity index (χ0) is 8.69. The highest BCUT2D eigenvalue weighted by atomic mass is 16.1. The molecule has 0 N–H and O–H groups in total. The zero-order valence-corrected chi connectivity index (χ0v) is 6.80. The number of ketones is 1. The molecule has 0 aromatic carbocycles. The van der Waals surface area contributed by atoms with Crippen molar-refractivity contribution in [2.45, 2.75) is 26.2 Å². The summed E-state index contributed by atoms with van der Waals surface area (Å²) in [7, 11) is 0. The van der Waals surface area contributed by atoms with Gasteiger partial charge in [-0.1, -0.05) is 13.0 Å². The number of hydrogen-bond donors (Lipinski definition) is 0. The summed E-state index contributed by atoms with van der Waals surface area (Å²) in [6.07, 6.45) is 4.96. The van der Waals surface area contributed by atoms with E-state index in [-0.39, 0.29) is 5.78 Å². The van der Waals surface area contributed by atoms with Gasteiger partial charge in [-0.2, -0.15) is 0 Å². The average molecular weight is 153 g/mol. The van der Waals surface area contributed by atoms with E-state index >= 15 is 0 Å². The molecule has 0 amide bonds. The first kappa shape index (κ1) is 10.1. The Balaban J connectivity index is 3.90. The predicted octanol–water partition coefficient (Wildman–Crippen LogP) is 1.66. The fourth-order valence-electron chi connectivity index (χ4n) is 0.833. The third-order valence-corrected chi connectivity index (χ3v) is 1.43. The van der Waals surface area contributed by atoms with Gasteiger partial charge in [-0.15, -0.1) is 6.58 Å². The van der Waals surface area contributed by atoms with Crippen molar-refractivity contribution in [2.75, 3.05) is 0 Å². The highest BCUT2D eigenvalue weighted by molar-refractivity contribution is 5.93. The topological polar surface area (TPSA) is 34.1 Å². The summed E-state index contributed by atoms with van der Waals surface area (Å²) in [6, 6.07) is 0. The second-order valence-corrected chi connectivity index (χ2v) is 2.41. The number of Topliss-reactive ketones (excluding diaryl/α,β-unsaturated/α-hetero) is 1. The third kappa shape index (κ3) is 3.71. The molecule has 0 aromatic rings. The van der Waals surface area contributed by atoms with E-state index in [1.165, 1.54) is 0 Å². The minimum absolute atomic E-state index is 0.0256. The summed E-state index contributed by atoms with van der Waals surface area (Å²) >= 11 is 0. The first-order valence-electron chi connectivity index (χ1n) is 3.77. The van der Waals surface area contributed by atoms with E-state index in [4.69, 9.17) is 0 Å². The molecular weight excluding hydrogens is 140 g/mol. The van der Waals surface area contributed by atoms with Crippen LogP contribution < -0.4 is 0 Å². The van der Waals surface area contributed by atoms with Crippen LogP contribution in [0.2, 0.25) is 0 Å². The Kier molecular flexibility index (Phi) is 5.35. The molecule has 0 saturated heterocycles. The minimum Gasteiger partial charge on any atom is -0.299 e. The van der Waals surface area contributed by atoms with Gasteiger partial charge in [0.05, 0.1) is 5.92 Å². The highest BCUT2D eigenvalue weighted by Crippen LogP contribution is 2.05. The quantitative estimate of drug-likeness (QED) is 0.429. The second kappa shape index (κ2) is 5.83. The summed E-state index contributed by atoms with van der Waals surface area (Å²) in [5.74, 6) is -0.602. The second-order valence-electron chi connectivity index (χ2n) is 2.41. The molecule has 0 aliphatic heterocycles. The van der Waals surface area contributed by atoms with Gasteiger partial charge in [0.2, 0.25) is 6.29 Å². The molecule has 61 valence electrons. The van der Waals surface area contributed by atoms with Crippen LogP contribution in [0, 0.1) is 5.92 Å². The Morgan fingerprint density at radius 3 is 2.73 bits per heavy atom. The van der Waals surface area contributed by atoms with Gasteiger partial charge >= 0.3 is 0 Å². The maximum absolute atomic E-state index is 11.1. The molecule has 2 nitrogen and oxygen atoms in total. The first-order valence-corrected chi connectivity index (χ1v) is 3.77. The molecule has 2 heteroatoms. The lowest BCUT2D eigenvalue weighted by molar-refractivity contribution is -0.120. The van der Waals surface area contributed by atoms with Crippen molar-refractivity contribution in [3.8, 4) is 0 Å². The van der Waals surface area contributed by atoms with E-state index in [1.54, 1.807) is 12.4 Å². The Morgan fingerprint density at radius 1 is 1.73 bits per heavy atom. The van der Waals surface area contributed by atoms with E-state index in [0.29, 0.717) is 12.8 Å². The Hall–Kier alpha value is -0.920. The number of rotatable bonds is 6. The van der Waals surface area contributed by atoms with Crippen LogP contribution in [0.1, 0.15) is 26.2 Å². The Labute approximate surface area is 67.3 Å². The number of hydrogen-bond acceptors (Lipinski definition) is 2. The molecular formula is C9H13O2. The van der Waals surface area contributed by atoms with Gasteiger partial charge in [-0.05, 0) is 12.8 Å². The Morgan fingerprint density at radius 2 is 2.36 bits per heavy atom. The summed E-state index contributed by atoms with van der Waals surface area (Å²) < 4.78 is 0. The fourth-order valence-corrected chi connectivity index (χ4v) is 0.833. The lowest BCUT2D eigenvalue weighted by atomic mass is 9.99. The normalized spacial score (nSPS) is 12.1. The molecule has 0 spiro atoms. The largest absolute Gasteiger partial charge is 0.299 e. The van der Waals surface area contributed by atoms with E-state index in [0.717, 1.165) is 6.42 Å². The molecule has 0 saturated carbocycles. The average Bonchev–Trinajstić information content (AvgIpc) is 2.00. The number of carbonyl (C=O) groups is 1. The molecule has 0 bridgehead atoms. The molecule has 0 aliphatic rings. The molecule has 0 heterocycles. The van der Waals surface area contributed by atoms with Crippen LogP contribution in [0.4, 0.5) is 0 Å². The van der Waals surface area contributed by atoms with Crippen LogP contribution in [0.5, 0.6) is 0 Å². The van der Waals surface area contributed by atoms with Crippen molar-refractivity contribution >= 4 is 12.1 Å². The molecule has 0 aromatic heterocycles. The van der Waals surface area contributed by atoms with Crippen LogP contribution in [-0.4, -0.2) is 12.1 Å². The van der Waals surface area contributed by atoms with Gasteiger partial charge in [0, 0.05) is 6.42 Å². The van der Waals surface area contributed by atoms with E-state index in [2.05, 4.69) is 6.58 Å². The van der Waals surface area contributed by atoms with Crippen molar-refractivity contribution in [2.24, 2.45) is 5.92 Å². The van der Waals surface area contributed by atoms with Gasteiger partial charge in [-0.25, -0.2) is 0 Å². The standard InChI is InChI=1S/C9H13O2/c1-3-5-8(7-10)9(11)6-4-2/h3,8H,1,4-6H2,2H3. The van der Waals surface area contributed by atoms with Crippen molar-refractivity contribution in [3.63, 3.8) is 0 Å². The smallest absolute Gasteiger partial charge is 0.209 e. The van der Waals surface area contributed by atoms with Gasteiger partial charge in [0.1, 0.15) is 5.78 Å². The lowest BCUT2D eigenvalue weighted by Gasteiger charge is -2.02. The van der Waals surface area contributed by atoms with Crippen molar-refractivity contribution in [1.82, 2.24) is 0 Å². The molecule has 0 rings (SSSR count). The summed E-state index contributed by atoms with van der Waals surface area (Å²) in [6.45, 7) is 5.37. The zero-order valence-electron chi connectivity index (χ0n) is 6.80. The summed E-state index contributed by atoms with van der Waals surface area (Å²) in [5.41, 5.74) is 0. The van der Waals surface area contributed by atoms with E-state index in [9.17, 15) is 9.59 Å². The Bertz CT molecular complexity index is 150. The molecule has 0 aliphatic carbocycles. The molecule has 1 unspecified atom stereocenters. The predicted molar refractivity (Wildman–Crippen MR) is 43.9 cm³/mol. The molecule has 1 radical (unpaired) electrons. The molecule has 1 atom stereocenters. The minimum atomic E-state index is -0.576. The molecule has 0 fully saturated rings. The summed E-state index contributed by atoms with van der Waals surface area (Å²) in [4.78, 5) is 21.3. The van der Waals surface area contributed by atoms with Crippen LogP contribution in [0.15, 0.2) is 12.7 Å². The van der Waals surface area contributed by atoms with Gasteiger partial charge < -0.3 is 0 Å². The van der Waals surface area contributed by atoms with Crippen LogP contribution >= 0.6 is 0 Å². The van der Waals surface area contributed by atoms with Gasteiger partial charge in [-0.3, -0.25) is 9.59 Å². The van der Waals surface area contributed by atoms with Crippen LogP contribution in [-0.2, 0) is 9.59 Å². The SMILES string of the molecule is C=CCC([C]=O)C(=O)CCC. The van der Waals surface area contributed by atoms with Crippen molar-refractivity contribution in [3.05, 3.63) is 12.7 Å². The van der Waals surface area contributed by atoms with Crippen LogP contribution in [0.25, 0.3) is 0 Å². The number of allylic oxidation sites excluding steroid dienone is 1. The number of carbonyl (C=O) groups excluding carboxylic acids is 2. The lowest BCUT2D eigenvalue weighted by Crippen LogP contribution is -2.14. The monoisotopic (exact) mass is 153 g/mol. The summed E-state index contributed by atoms with van der Waals surface area (Å²) in [5, 5.41) is 0. The van der Waals surface area contributed by atoms with Crippen molar-refractivity contribution in [1.29, 1.82) is 0 Å². The maximum Gasteiger partial charge on any atom is 0.209 e. The van der Waals surface area contributed by atoms with Gasteiger partial charge in [0.25, 0.3) is 0 Å². The fraction of sp³-hybridized carbons (Fsp3) is 0.556.